The molecule has 3 aliphatic rings. The SMILES string of the molecule is CCc1ccc(CC23CCN(C(=O)[C@H]4CC[C@](F)(C(=O)O)CC4)C2CCc2cc(C(C)(F)C(F)(F)F)ccc23)cc1. The minimum Gasteiger partial charge on any atom is -0.479 e. The molecule has 0 radical (unpaired) electrons. The number of likely N-dealkylation sites (tertiary alicyclic amines) is 1. The molecule has 1 saturated heterocycles. The van der Waals surface area contributed by atoms with Crippen molar-refractivity contribution in [2.45, 2.75) is 101 Å². The lowest BCUT2D eigenvalue weighted by Gasteiger charge is -2.45. The van der Waals surface area contributed by atoms with E-state index in [9.17, 15) is 36.6 Å². The molecule has 1 N–H and O–H groups in total. The van der Waals surface area contributed by atoms with Crippen molar-refractivity contribution >= 4 is 11.9 Å². The number of halogens is 5. The zero-order valence-electron chi connectivity index (χ0n) is 23.4. The molecule has 2 fully saturated rings. The van der Waals surface area contributed by atoms with Crippen molar-refractivity contribution in [1.82, 2.24) is 4.90 Å². The van der Waals surface area contributed by atoms with Gasteiger partial charge in [0.2, 0.25) is 17.2 Å². The molecule has 0 spiro atoms. The third-order valence-corrected chi connectivity index (χ3v) is 9.96. The number of carbonyl (C=O) groups excluding carboxylic acids is 1. The summed E-state index contributed by atoms with van der Waals surface area (Å²) in [6.07, 6.45) is -2.20. The molecule has 41 heavy (non-hydrogen) atoms. The van der Waals surface area contributed by atoms with Gasteiger partial charge in [-0.05, 0) is 92.5 Å². The summed E-state index contributed by atoms with van der Waals surface area (Å²) in [6.45, 7) is 3.05. The van der Waals surface area contributed by atoms with Crippen LogP contribution in [0.15, 0.2) is 42.5 Å². The lowest BCUT2D eigenvalue weighted by atomic mass is 9.63. The number of carboxylic acids is 1. The minimum atomic E-state index is -5.05. The summed E-state index contributed by atoms with van der Waals surface area (Å²) in [7, 11) is 0. The molecule has 1 amide bonds. The Labute approximate surface area is 236 Å². The van der Waals surface area contributed by atoms with Crippen LogP contribution in [0.1, 0.15) is 80.2 Å². The van der Waals surface area contributed by atoms with Gasteiger partial charge in [-0.3, -0.25) is 4.79 Å². The number of fused-ring (bicyclic) bond motifs is 3. The number of hydrogen-bond acceptors (Lipinski definition) is 2. The Hall–Kier alpha value is -2.97. The standard InChI is InChI=1S/C32H36F5NO3/c1-3-20-4-6-21(7-5-20)19-30-16-17-38(27(39)22-12-14-31(34,15-13-22)28(40)41)26(30)11-8-23-18-24(9-10-25(23)30)29(2,33)32(35,36)37/h4-7,9-10,18,22,26H,3,8,11-17,19H2,1-2H3,(H,40,41)/t22-,26?,29?,30?,31+. The maximum atomic E-state index is 14.9. The molecular formula is C32H36F5NO3. The number of aliphatic carboxylic acids is 1. The summed E-state index contributed by atoms with van der Waals surface area (Å²) >= 11 is 0. The molecule has 0 bridgehead atoms. The van der Waals surface area contributed by atoms with Crippen LogP contribution in [0.2, 0.25) is 0 Å². The molecule has 2 aliphatic carbocycles. The van der Waals surface area contributed by atoms with Gasteiger partial charge < -0.3 is 10.0 Å². The molecule has 1 heterocycles. The Morgan fingerprint density at radius 1 is 0.976 bits per heavy atom. The summed E-state index contributed by atoms with van der Waals surface area (Å²) in [5.41, 5.74) is -3.04. The van der Waals surface area contributed by atoms with E-state index in [-0.39, 0.29) is 37.6 Å². The van der Waals surface area contributed by atoms with Crippen LogP contribution in [0.3, 0.4) is 0 Å². The third-order valence-electron chi connectivity index (χ3n) is 9.96. The van der Waals surface area contributed by atoms with Crippen molar-refractivity contribution in [2.75, 3.05) is 6.54 Å². The normalized spacial score (nSPS) is 29.4. The number of rotatable bonds is 6. The Balaban J connectivity index is 1.49. The lowest BCUT2D eigenvalue weighted by molar-refractivity contribution is -0.228. The van der Waals surface area contributed by atoms with E-state index in [0.717, 1.165) is 17.5 Å². The second-order valence-electron chi connectivity index (χ2n) is 12.3. The van der Waals surface area contributed by atoms with Gasteiger partial charge in [0.25, 0.3) is 0 Å². The van der Waals surface area contributed by atoms with Crippen LogP contribution >= 0.6 is 0 Å². The highest BCUT2D eigenvalue weighted by atomic mass is 19.4. The molecule has 5 rings (SSSR count). The van der Waals surface area contributed by atoms with Crippen LogP contribution in [-0.4, -0.2) is 46.3 Å². The molecule has 3 unspecified atom stereocenters. The molecule has 4 nitrogen and oxygen atoms in total. The number of amides is 1. The summed E-state index contributed by atoms with van der Waals surface area (Å²) in [4.78, 5) is 27.0. The van der Waals surface area contributed by atoms with Gasteiger partial charge in [0, 0.05) is 23.9 Å². The minimum absolute atomic E-state index is 0.112. The molecule has 2 aromatic rings. The van der Waals surface area contributed by atoms with Crippen LogP contribution < -0.4 is 0 Å². The summed E-state index contributed by atoms with van der Waals surface area (Å²) in [5.74, 6) is -2.07. The summed E-state index contributed by atoms with van der Waals surface area (Å²) in [6, 6.07) is 12.2. The molecular weight excluding hydrogens is 541 g/mol. The molecule has 9 heteroatoms. The van der Waals surface area contributed by atoms with E-state index < -0.39 is 40.4 Å². The highest BCUT2D eigenvalue weighted by molar-refractivity contribution is 5.82. The smallest absolute Gasteiger partial charge is 0.426 e. The monoisotopic (exact) mass is 577 g/mol. The van der Waals surface area contributed by atoms with Crippen molar-refractivity contribution in [1.29, 1.82) is 0 Å². The van der Waals surface area contributed by atoms with E-state index in [1.807, 2.05) is 17.0 Å². The number of benzene rings is 2. The predicted molar refractivity (Wildman–Crippen MR) is 144 cm³/mol. The van der Waals surface area contributed by atoms with Crippen molar-refractivity contribution in [3.05, 3.63) is 70.3 Å². The molecule has 1 aliphatic heterocycles. The first-order valence-electron chi connectivity index (χ1n) is 14.4. The number of aryl methyl sites for hydroxylation is 2. The van der Waals surface area contributed by atoms with Gasteiger partial charge in [-0.1, -0.05) is 49.4 Å². The van der Waals surface area contributed by atoms with Crippen LogP contribution in [0.25, 0.3) is 0 Å². The first-order valence-corrected chi connectivity index (χ1v) is 14.4. The van der Waals surface area contributed by atoms with E-state index in [1.165, 1.54) is 17.7 Å². The second-order valence-corrected chi connectivity index (χ2v) is 12.3. The van der Waals surface area contributed by atoms with Crippen LogP contribution in [-0.2, 0) is 39.9 Å². The maximum Gasteiger partial charge on any atom is 0.426 e. The first-order chi connectivity index (χ1) is 19.2. The zero-order valence-corrected chi connectivity index (χ0v) is 23.4. The number of nitrogens with zero attached hydrogens (tertiary/aromatic N) is 1. The number of alkyl halides is 5. The zero-order chi connectivity index (χ0) is 29.8. The van der Waals surface area contributed by atoms with Gasteiger partial charge in [-0.25, -0.2) is 13.6 Å². The van der Waals surface area contributed by atoms with Crippen LogP contribution in [0.5, 0.6) is 0 Å². The van der Waals surface area contributed by atoms with E-state index in [4.69, 9.17) is 0 Å². The molecule has 2 aromatic carbocycles. The van der Waals surface area contributed by atoms with Gasteiger partial charge in [0.05, 0.1) is 0 Å². The molecule has 0 aromatic heterocycles. The maximum absolute atomic E-state index is 14.9. The second kappa shape index (κ2) is 10.4. The lowest BCUT2D eigenvalue weighted by Crippen LogP contribution is -2.51. The van der Waals surface area contributed by atoms with E-state index >= 15 is 0 Å². The Morgan fingerprint density at radius 2 is 1.61 bits per heavy atom. The summed E-state index contributed by atoms with van der Waals surface area (Å²) < 4.78 is 70.2. The Bertz CT molecular complexity index is 1310. The fraction of sp³-hybridized carbons (Fsp3) is 0.562. The Morgan fingerprint density at radius 3 is 2.20 bits per heavy atom. The van der Waals surface area contributed by atoms with Crippen molar-refractivity contribution in [3.8, 4) is 0 Å². The highest BCUT2D eigenvalue weighted by Gasteiger charge is 2.56. The number of carboxylic acid groups (broad SMARTS) is 1. The quantitative estimate of drug-likeness (QED) is 0.376. The van der Waals surface area contributed by atoms with Gasteiger partial charge in [0.15, 0.2) is 0 Å². The average molecular weight is 578 g/mol. The van der Waals surface area contributed by atoms with Crippen LogP contribution in [0, 0.1) is 5.92 Å². The average Bonchev–Trinajstić information content (AvgIpc) is 3.31. The predicted octanol–water partition coefficient (Wildman–Crippen LogP) is 7.01. The molecule has 3 atom stereocenters. The van der Waals surface area contributed by atoms with E-state index in [1.54, 1.807) is 6.07 Å². The van der Waals surface area contributed by atoms with Crippen molar-refractivity contribution in [3.63, 3.8) is 0 Å². The fourth-order valence-electron chi connectivity index (χ4n) is 7.31. The summed E-state index contributed by atoms with van der Waals surface area (Å²) in [5, 5.41) is 9.25. The van der Waals surface area contributed by atoms with E-state index in [2.05, 4.69) is 19.1 Å². The third kappa shape index (κ3) is 5.03. The highest BCUT2D eigenvalue weighted by Crippen LogP contribution is 2.52. The number of hydrogen-bond donors (Lipinski definition) is 1. The van der Waals surface area contributed by atoms with E-state index in [0.29, 0.717) is 44.7 Å². The largest absolute Gasteiger partial charge is 0.479 e. The molecule has 222 valence electrons. The van der Waals surface area contributed by atoms with Gasteiger partial charge in [0.1, 0.15) is 0 Å². The first kappa shape index (κ1) is 29.5. The van der Waals surface area contributed by atoms with Gasteiger partial charge in [-0.2, -0.15) is 13.2 Å². The number of carbonyl (C=O) groups is 2. The molecule has 1 saturated carbocycles. The van der Waals surface area contributed by atoms with Crippen LogP contribution in [0.4, 0.5) is 22.0 Å². The fourth-order valence-corrected chi connectivity index (χ4v) is 7.31. The van der Waals surface area contributed by atoms with Crippen molar-refractivity contribution < 1.29 is 36.6 Å². The van der Waals surface area contributed by atoms with Gasteiger partial charge in [-0.15, -0.1) is 0 Å². The topological polar surface area (TPSA) is 57.6 Å². The van der Waals surface area contributed by atoms with Gasteiger partial charge >= 0.3 is 12.1 Å². The Kier molecular flexibility index (Phi) is 7.48. The van der Waals surface area contributed by atoms with Crippen molar-refractivity contribution in [2.24, 2.45) is 5.92 Å².